The SMILES string of the molecule is Fc1cnc(Cl)nc1NC1CCCCCCC1. The Morgan fingerprint density at radius 2 is 1.82 bits per heavy atom. The zero-order chi connectivity index (χ0) is 12.1. The van der Waals surface area contributed by atoms with E-state index in [0.717, 1.165) is 19.0 Å². The number of nitrogens with zero attached hydrogens (tertiary/aromatic N) is 2. The topological polar surface area (TPSA) is 37.8 Å². The van der Waals surface area contributed by atoms with Gasteiger partial charge in [-0.05, 0) is 24.4 Å². The number of rotatable bonds is 2. The van der Waals surface area contributed by atoms with Crippen LogP contribution >= 0.6 is 11.6 Å². The number of anilines is 1. The Bertz CT molecular complexity index is 365. The molecule has 0 aliphatic heterocycles. The van der Waals surface area contributed by atoms with Gasteiger partial charge in [-0.1, -0.05) is 32.1 Å². The van der Waals surface area contributed by atoms with Gasteiger partial charge in [0.15, 0.2) is 11.6 Å². The number of halogens is 2. The first-order valence-corrected chi connectivity index (χ1v) is 6.58. The van der Waals surface area contributed by atoms with Crippen LogP contribution in [0.3, 0.4) is 0 Å². The van der Waals surface area contributed by atoms with E-state index in [0.29, 0.717) is 6.04 Å². The maximum atomic E-state index is 13.5. The molecule has 17 heavy (non-hydrogen) atoms. The summed E-state index contributed by atoms with van der Waals surface area (Å²) in [6, 6.07) is 0.302. The second-order valence-corrected chi connectivity index (χ2v) is 4.86. The smallest absolute Gasteiger partial charge is 0.224 e. The Morgan fingerprint density at radius 3 is 2.53 bits per heavy atom. The Balaban J connectivity index is 2.00. The van der Waals surface area contributed by atoms with Crippen molar-refractivity contribution in [1.29, 1.82) is 0 Å². The monoisotopic (exact) mass is 257 g/mol. The van der Waals surface area contributed by atoms with Crippen molar-refractivity contribution in [2.24, 2.45) is 0 Å². The van der Waals surface area contributed by atoms with E-state index in [-0.39, 0.29) is 11.1 Å². The third-order valence-electron chi connectivity index (χ3n) is 3.16. The van der Waals surface area contributed by atoms with E-state index >= 15 is 0 Å². The van der Waals surface area contributed by atoms with Gasteiger partial charge in [-0.15, -0.1) is 0 Å². The standard InChI is InChI=1S/C12H17ClFN3/c13-12-15-8-10(14)11(17-12)16-9-6-4-2-1-3-5-7-9/h8-9H,1-7H2,(H,15,16,17). The summed E-state index contributed by atoms with van der Waals surface area (Å²) < 4.78 is 13.5. The largest absolute Gasteiger partial charge is 0.365 e. The summed E-state index contributed by atoms with van der Waals surface area (Å²) in [4.78, 5) is 7.49. The molecule has 0 unspecified atom stereocenters. The van der Waals surface area contributed by atoms with E-state index in [1.807, 2.05) is 0 Å². The van der Waals surface area contributed by atoms with E-state index < -0.39 is 5.82 Å². The lowest BCUT2D eigenvalue weighted by Gasteiger charge is -2.21. The zero-order valence-corrected chi connectivity index (χ0v) is 10.5. The average Bonchev–Trinajstić information content (AvgIpc) is 2.27. The van der Waals surface area contributed by atoms with Crippen LogP contribution in [0.2, 0.25) is 5.28 Å². The van der Waals surface area contributed by atoms with Crippen LogP contribution in [-0.2, 0) is 0 Å². The van der Waals surface area contributed by atoms with E-state index in [2.05, 4.69) is 15.3 Å². The summed E-state index contributed by atoms with van der Waals surface area (Å²) in [5.41, 5.74) is 0. The molecule has 2 rings (SSSR count). The second kappa shape index (κ2) is 6.15. The summed E-state index contributed by atoms with van der Waals surface area (Å²) >= 11 is 5.66. The van der Waals surface area contributed by atoms with Crippen molar-refractivity contribution in [3.8, 4) is 0 Å². The molecular weight excluding hydrogens is 241 g/mol. The summed E-state index contributed by atoms with van der Waals surface area (Å²) in [5, 5.41) is 3.23. The van der Waals surface area contributed by atoms with Crippen molar-refractivity contribution in [1.82, 2.24) is 9.97 Å². The molecule has 0 aromatic carbocycles. The average molecular weight is 258 g/mol. The molecule has 1 aromatic rings. The molecule has 1 N–H and O–H groups in total. The highest BCUT2D eigenvalue weighted by atomic mass is 35.5. The minimum Gasteiger partial charge on any atom is -0.365 e. The van der Waals surface area contributed by atoms with Gasteiger partial charge < -0.3 is 5.32 Å². The van der Waals surface area contributed by atoms with E-state index in [9.17, 15) is 4.39 Å². The summed E-state index contributed by atoms with van der Waals surface area (Å²) in [7, 11) is 0. The van der Waals surface area contributed by atoms with Crippen LogP contribution in [0.5, 0.6) is 0 Å². The maximum absolute atomic E-state index is 13.5. The summed E-state index contributed by atoms with van der Waals surface area (Å²) in [6.45, 7) is 0. The Hall–Kier alpha value is -0.900. The van der Waals surface area contributed by atoms with E-state index in [1.165, 1.54) is 32.1 Å². The quantitative estimate of drug-likeness (QED) is 0.819. The van der Waals surface area contributed by atoms with Gasteiger partial charge in [0.05, 0.1) is 6.20 Å². The first-order chi connectivity index (χ1) is 8.25. The Labute approximate surface area is 106 Å². The van der Waals surface area contributed by atoms with Crippen molar-refractivity contribution < 1.29 is 4.39 Å². The molecule has 94 valence electrons. The molecule has 0 bridgehead atoms. The van der Waals surface area contributed by atoms with Crippen LogP contribution in [0.4, 0.5) is 10.2 Å². The molecular formula is C12H17ClFN3. The highest BCUT2D eigenvalue weighted by molar-refractivity contribution is 6.28. The Kier molecular flexibility index (Phi) is 4.54. The first-order valence-electron chi connectivity index (χ1n) is 6.20. The van der Waals surface area contributed by atoms with Crippen molar-refractivity contribution in [3.63, 3.8) is 0 Å². The molecule has 0 saturated heterocycles. The summed E-state index contributed by atoms with van der Waals surface area (Å²) in [6.07, 6.45) is 9.50. The predicted molar refractivity (Wildman–Crippen MR) is 66.7 cm³/mol. The van der Waals surface area contributed by atoms with E-state index in [1.54, 1.807) is 0 Å². The highest BCUT2D eigenvalue weighted by Gasteiger charge is 2.14. The lowest BCUT2D eigenvalue weighted by Crippen LogP contribution is -2.22. The van der Waals surface area contributed by atoms with Gasteiger partial charge in [0.2, 0.25) is 5.28 Å². The van der Waals surface area contributed by atoms with Gasteiger partial charge in [0.25, 0.3) is 0 Å². The molecule has 1 heterocycles. The molecule has 1 aliphatic carbocycles. The molecule has 0 atom stereocenters. The first kappa shape index (κ1) is 12.6. The lowest BCUT2D eigenvalue weighted by molar-refractivity contribution is 0.468. The Morgan fingerprint density at radius 1 is 1.18 bits per heavy atom. The lowest BCUT2D eigenvalue weighted by atomic mass is 9.97. The van der Waals surface area contributed by atoms with E-state index in [4.69, 9.17) is 11.6 Å². The third kappa shape index (κ3) is 3.80. The fourth-order valence-corrected chi connectivity index (χ4v) is 2.37. The van der Waals surface area contributed by atoms with Crippen LogP contribution in [0, 0.1) is 5.82 Å². The van der Waals surface area contributed by atoms with Gasteiger partial charge in [-0.3, -0.25) is 0 Å². The summed E-state index contributed by atoms with van der Waals surface area (Å²) in [5.74, 6) is -0.202. The third-order valence-corrected chi connectivity index (χ3v) is 3.34. The van der Waals surface area contributed by atoms with Gasteiger partial charge in [-0.2, -0.15) is 4.98 Å². The second-order valence-electron chi connectivity index (χ2n) is 4.52. The highest BCUT2D eigenvalue weighted by Crippen LogP contribution is 2.21. The van der Waals surface area contributed by atoms with Gasteiger partial charge in [0, 0.05) is 6.04 Å². The number of hydrogen-bond acceptors (Lipinski definition) is 3. The maximum Gasteiger partial charge on any atom is 0.224 e. The van der Waals surface area contributed by atoms with Gasteiger partial charge in [-0.25, -0.2) is 9.37 Å². The van der Waals surface area contributed by atoms with Crippen molar-refractivity contribution >= 4 is 17.4 Å². The van der Waals surface area contributed by atoms with Crippen molar-refractivity contribution in [3.05, 3.63) is 17.3 Å². The minimum absolute atomic E-state index is 0.0831. The van der Waals surface area contributed by atoms with Crippen LogP contribution < -0.4 is 5.32 Å². The van der Waals surface area contributed by atoms with Crippen LogP contribution in [0.15, 0.2) is 6.20 Å². The normalized spacial score (nSPS) is 18.5. The van der Waals surface area contributed by atoms with Crippen LogP contribution in [-0.4, -0.2) is 16.0 Å². The molecule has 0 amide bonds. The number of aromatic nitrogens is 2. The minimum atomic E-state index is -0.434. The molecule has 0 radical (unpaired) electrons. The molecule has 5 heteroatoms. The van der Waals surface area contributed by atoms with Crippen LogP contribution in [0.25, 0.3) is 0 Å². The fourth-order valence-electron chi connectivity index (χ4n) is 2.24. The number of nitrogens with one attached hydrogen (secondary N) is 1. The molecule has 1 aliphatic rings. The van der Waals surface area contributed by atoms with Crippen molar-refractivity contribution in [2.75, 3.05) is 5.32 Å². The van der Waals surface area contributed by atoms with Gasteiger partial charge in [0.1, 0.15) is 0 Å². The predicted octanol–water partition coefficient (Wildman–Crippen LogP) is 3.79. The zero-order valence-electron chi connectivity index (χ0n) is 9.75. The fraction of sp³-hybridized carbons (Fsp3) is 0.667. The molecule has 1 saturated carbocycles. The molecule has 3 nitrogen and oxygen atoms in total. The number of hydrogen-bond donors (Lipinski definition) is 1. The van der Waals surface area contributed by atoms with Gasteiger partial charge >= 0.3 is 0 Å². The molecule has 1 aromatic heterocycles. The van der Waals surface area contributed by atoms with Crippen LogP contribution in [0.1, 0.15) is 44.9 Å². The molecule has 1 fully saturated rings. The molecule has 0 spiro atoms. The van der Waals surface area contributed by atoms with Crippen molar-refractivity contribution in [2.45, 2.75) is 51.0 Å².